The van der Waals surface area contributed by atoms with Crippen LogP contribution in [0.15, 0.2) is 29.8 Å². The first-order valence-electron chi connectivity index (χ1n) is 7.36. The molecule has 1 N–H and O–H groups in total. The molecule has 2 nitrogen and oxygen atoms in total. The Kier molecular flexibility index (Phi) is 6.28. The van der Waals surface area contributed by atoms with Gasteiger partial charge in [-0.1, -0.05) is 29.3 Å². The number of methoxy groups -OCH3 is 1. The van der Waals surface area contributed by atoms with Crippen LogP contribution in [0, 0.1) is 6.92 Å². The van der Waals surface area contributed by atoms with Crippen LogP contribution in [0.3, 0.4) is 0 Å². The molecule has 2 heteroatoms. The Balaban J connectivity index is 2.57. The van der Waals surface area contributed by atoms with E-state index in [0.717, 1.165) is 25.1 Å². The highest BCUT2D eigenvalue weighted by Gasteiger charge is 2.07. The molecule has 0 amide bonds. The molecule has 0 aliphatic carbocycles. The fraction of sp³-hybridized carbons (Fsp3) is 0.556. The molecule has 1 aromatic rings. The van der Waals surface area contributed by atoms with Crippen LogP contribution >= 0.6 is 0 Å². The molecule has 112 valence electrons. The monoisotopic (exact) mass is 275 g/mol. The number of hydrogen-bond donors (Lipinski definition) is 1. The smallest absolute Gasteiger partial charge is 0.122 e. The Labute approximate surface area is 124 Å². The molecule has 0 unspecified atom stereocenters. The van der Waals surface area contributed by atoms with Gasteiger partial charge in [0.1, 0.15) is 5.75 Å². The minimum Gasteiger partial charge on any atom is -0.496 e. The van der Waals surface area contributed by atoms with E-state index in [2.05, 4.69) is 64.2 Å². The average Bonchev–Trinajstić information content (AvgIpc) is 2.34. The number of allylic oxidation sites excluding steroid dienone is 1. The van der Waals surface area contributed by atoms with E-state index in [9.17, 15) is 0 Å². The maximum Gasteiger partial charge on any atom is 0.122 e. The molecule has 1 aromatic carbocycles. The van der Waals surface area contributed by atoms with Crippen molar-refractivity contribution in [2.45, 2.75) is 53.0 Å². The Morgan fingerprint density at radius 3 is 2.60 bits per heavy atom. The Morgan fingerprint density at radius 1 is 1.30 bits per heavy atom. The lowest BCUT2D eigenvalue weighted by Crippen LogP contribution is -2.36. The standard InChI is InChI=1S/C18H29NO/c1-14(8-7-11-19-18(3,4)5)12-16-13-15(2)9-10-17(16)20-6/h8-10,13,19H,7,11-12H2,1-6H3. The van der Waals surface area contributed by atoms with E-state index in [4.69, 9.17) is 4.74 Å². The van der Waals surface area contributed by atoms with Crippen molar-refractivity contribution < 1.29 is 4.74 Å². The Morgan fingerprint density at radius 2 is 2.00 bits per heavy atom. The summed E-state index contributed by atoms with van der Waals surface area (Å²) in [5.41, 5.74) is 4.14. The molecule has 0 fully saturated rings. The third-order valence-corrected chi connectivity index (χ3v) is 3.20. The van der Waals surface area contributed by atoms with E-state index >= 15 is 0 Å². The van der Waals surface area contributed by atoms with Gasteiger partial charge in [-0.3, -0.25) is 0 Å². The third-order valence-electron chi connectivity index (χ3n) is 3.20. The van der Waals surface area contributed by atoms with Gasteiger partial charge in [0.2, 0.25) is 0 Å². The van der Waals surface area contributed by atoms with Crippen molar-refractivity contribution in [2.75, 3.05) is 13.7 Å². The van der Waals surface area contributed by atoms with Crippen LogP contribution in [0.5, 0.6) is 5.75 Å². The number of nitrogens with one attached hydrogen (secondary N) is 1. The summed E-state index contributed by atoms with van der Waals surface area (Å²) >= 11 is 0. The molecule has 0 saturated heterocycles. The normalized spacial score (nSPS) is 12.6. The van der Waals surface area contributed by atoms with Crippen molar-refractivity contribution in [1.29, 1.82) is 0 Å². The lowest BCUT2D eigenvalue weighted by atomic mass is 10.0. The summed E-state index contributed by atoms with van der Waals surface area (Å²) in [7, 11) is 1.74. The second-order valence-electron chi connectivity index (χ2n) is 6.51. The van der Waals surface area contributed by atoms with Crippen LogP contribution in [0.4, 0.5) is 0 Å². The molecule has 0 saturated carbocycles. The summed E-state index contributed by atoms with van der Waals surface area (Å²) in [5.74, 6) is 0.983. The maximum absolute atomic E-state index is 5.43. The molecule has 0 heterocycles. The average molecular weight is 275 g/mol. The van der Waals surface area contributed by atoms with Gasteiger partial charge < -0.3 is 10.1 Å². The number of hydrogen-bond acceptors (Lipinski definition) is 2. The van der Waals surface area contributed by atoms with Crippen LogP contribution in [0.1, 0.15) is 45.2 Å². The molecule has 0 atom stereocenters. The van der Waals surface area contributed by atoms with Crippen LogP contribution in [-0.2, 0) is 6.42 Å². The second kappa shape index (κ2) is 7.49. The quantitative estimate of drug-likeness (QED) is 0.618. The van der Waals surface area contributed by atoms with E-state index in [1.54, 1.807) is 7.11 Å². The highest BCUT2D eigenvalue weighted by Crippen LogP contribution is 2.22. The predicted octanol–water partition coefficient (Wildman–Crippen LogP) is 4.27. The van der Waals surface area contributed by atoms with E-state index in [-0.39, 0.29) is 5.54 Å². The number of ether oxygens (including phenoxy) is 1. The third kappa shape index (κ3) is 6.25. The van der Waals surface area contributed by atoms with Gasteiger partial charge in [-0.05, 0) is 65.6 Å². The highest BCUT2D eigenvalue weighted by molar-refractivity contribution is 5.39. The highest BCUT2D eigenvalue weighted by atomic mass is 16.5. The molecular formula is C18H29NO. The molecule has 0 aliphatic rings. The van der Waals surface area contributed by atoms with Gasteiger partial charge in [-0.15, -0.1) is 0 Å². The molecule has 1 rings (SSSR count). The number of benzene rings is 1. The van der Waals surface area contributed by atoms with Crippen molar-refractivity contribution in [1.82, 2.24) is 5.32 Å². The zero-order chi connectivity index (χ0) is 15.2. The molecular weight excluding hydrogens is 246 g/mol. The topological polar surface area (TPSA) is 21.3 Å². The molecule has 0 bridgehead atoms. The van der Waals surface area contributed by atoms with Crippen LogP contribution in [0.25, 0.3) is 0 Å². The van der Waals surface area contributed by atoms with E-state index in [1.807, 2.05) is 0 Å². The molecule has 0 radical (unpaired) electrons. The lowest BCUT2D eigenvalue weighted by Gasteiger charge is -2.19. The summed E-state index contributed by atoms with van der Waals surface area (Å²) in [6.07, 6.45) is 4.35. The lowest BCUT2D eigenvalue weighted by molar-refractivity contribution is 0.410. The van der Waals surface area contributed by atoms with Gasteiger partial charge in [-0.25, -0.2) is 0 Å². The van der Waals surface area contributed by atoms with Gasteiger partial charge in [0.15, 0.2) is 0 Å². The summed E-state index contributed by atoms with van der Waals surface area (Å²) in [5, 5.41) is 3.50. The zero-order valence-electron chi connectivity index (χ0n) is 13.8. The van der Waals surface area contributed by atoms with Crippen LogP contribution in [0.2, 0.25) is 0 Å². The van der Waals surface area contributed by atoms with Crippen LogP contribution < -0.4 is 10.1 Å². The molecule has 0 aliphatic heterocycles. The summed E-state index contributed by atoms with van der Waals surface area (Å²) < 4.78 is 5.43. The molecule has 0 aromatic heterocycles. The summed E-state index contributed by atoms with van der Waals surface area (Å²) in [6.45, 7) is 11.9. The first-order valence-corrected chi connectivity index (χ1v) is 7.36. The van der Waals surface area contributed by atoms with Crippen molar-refractivity contribution in [3.63, 3.8) is 0 Å². The minimum atomic E-state index is 0.196. The molecule has 0 spiro atoms. The molecule has 20 heavy (non-hydrogen) atoms. The fourth-order valence-electron chi connectivity index (χ4n) is 2.18. The van der Waals surface area contributed by atoms with Crippen molar-refractivity contribution >= 4 is 0 Å². The Hall–Kier alpha value is -1.28. The SMILES string of the molecule is COc1ccc(C)cc1CC(C)=CCCNC(C)(C)C. The number of aryl methyl sites for hydroxylation is 1. The van der Waals surface area contributed by atoms with Gasteiger partial charge in [-0.2, -0.15) is 0 Å². The first kappa shape index (κ1) is 16.8. The second-order valence-corrected chi connectivity index (χ2v) is 6.51. The van der Waals surface area contributed by atoms with Gasteiger partial charge in [0, 0.05) is 5.54 Å². The van der Waals surface area contributed by atoms with E-state index in [0.29, 0.717) is 0 Å². The van der Waals surface area contributed by atoms with Crippen molar-refractivity contribution in [3.05, 3.63) is 41.0 Å². The van der Waals surface area contributed by atoms with E-state index in [1.165, 1.54) is 16.7 Å². The number of rotatable bonds is 6. The van der Waals surface area contributed by atoms with Gasteiger partial charge >= 0.3 is 0 Å². The maximum atomic E-state index is 5.43. The summed E-state index contributed by atoms with van der Waals surface area (Å²) in [4.78, 5) is 0. The first-order chi connectivity index (χ1) is 9.31. The predicted molar refractivity (Wildman–Crippen MR) is 87.6 cm³/mol. The Bertz CT molecular complexity index is 455. The van der Waals surface area contributed by atoms with Gasteiger partial charge in [0.05, 0.1) is 7.11 Å². The minimum absolute atomic E-state index is 0.196. The van der Waals surface area contributed by atoms with Crippen molar-refractivity contribution in [3.8, 4) is 5.75 Å². The zero-order valence-corrected chi connectivity index (χ0v) is 13.8. The largest absolute Gasteiger partial charge is 0.496 e. The van der Waals surface area contributed by atoms with E-state index < -0.39 is 0 Å². The van der Waals surface area contributed by atoms with Crippen LogP contribution in [-0.4, -0.2) is 19.2 Å². The van der Waals surface area contributed by atoms with Gasteiger partial charge in [0.25, 0.3) is 0 Å². The van der Waals surface area contributed by atoms with Crippen molar-refractivity contribution in [2.24, 2.45) is 0 Å². The fourth-order valence-corrected chi connectivity index (χ4v) is 2.18. The summed E-state index contributed by atoms with van der Waals surface area (Å²) in [6, 6.07) is 6.36.